The minimum Gasteiger partial charge on any atom is -0.478 e. The molecule has 54 heavy (non-hydrogen) atoms. The van der Waals surface area contributed by atoms with Crippen molar-refractivity contribution in [2.45, 2.75) is 71.4 Å². The maximum absolute atomic E-state index is 13.7. The number of halogens is 3. The van der Waals surface area contributed by atoms with Crippen LogP contribution in [0.4, 0.5) is 23.7 Å². The van der Waals surface area contributed by atoms with Gasteiger partial charge in [0, 0.05) is 43.0 Å². The van der Waals surface area contributed by atoms with E-state index < -0.39 is 36.4 Å². The number of carboxylic acid groups (broad SMARTS) is 1. The Morgan fingerprint density at radius 2 is 1.80 bits per heavy atom. The SMILES string of the molecule is CCOC(=O)c1cc(C(=O)O)cn1CCOCCOCCC1CN(C)CCC1Nc1cccc2c1cc(C#CCNC(=O)OC(C)(C)C)n2CC(F)(F)F. The summed E-state index contributed by atoms with van der Waals surface area (Å²) in [6.45, 7) is 8.95. The van der Waals surface area contributed by atoms with Crippen LogP contribution < -0.4 is 10.6 Å². The van der Waals surface area contributed by atoms with E-state index in [1.807, 2.05) is 6.07 Å². The number of carbonyl (C=O) groups is 3. The lowest BCUT2D eigenvalue weighted by molar-refractivity contribution is -0.140. The molecule has 2 aromatic heterocycles. The van der Waals surface area contributed by atoms with Crippen LogP contribution in [0.5, 0.6) is 0 Å². The van der Waals surface area contributed by atoms with Gasteiger partial charge in [0.05, 0.1) is 49.7 Å². The fourth-order valence-corrected chi connectivity index (χ4v) is 6.23. The molecule has 0 spiro atoms. The van der Waals surface area contributed by atoms with Crippen molar-refractivity contribution in [3.05, 3.63) is 53.5 Å². The van der Waals surface area contributed by atoms with Crippen LogP contribution in [-0.4, -0.2) is 115 Å². The van der Waals surface area contributed by atoms with Gasteiger partial charge in [-0.3, -0.25) is 0 Å². The Bertz CT molecular complexity index is 1800. The number of aromatic nitrogens is 2. The summed E-state index contributed by atoms with van der Waals surface area (Å²) in [5, 5.41) is 16.1. The summed E-state index contributed by atoms with van der Waals surface area (Å²) in [4.78, 5) is 37.8. The minimum absolute atomic E-state index is 0.0142. The molecule has 1 aliphatic rings. The van der Waals surface area contributed by atoms with Gasteiger partial charge in [-0.25, -0.2) is 14.4 Å². The monoisotopic (exact) mass is 761 g/mol. The topological polar surface area (TPSA) is 146 Å². The van der Waals surface area contributed by atoms with Crippen LogP contribution in [-0.2, 0) is 32.0 Å². The Labute approximate surface area is 313 Å². The molecule has 0 bridgehead atoms. The molecule has 3 aromatic rings. The number of ether oxygens (including phenoxy) is 4. The van der Waals surface area contributed by atoms with E-state index in [4.69, 9.17) is 18.9 Å². The van der Waals surface area contributed by atoms with E-state index in [0.29, 0.717) is 36.4 Å². The molecule has 0 radical (unpaired) electrons. The van der Waals surface area contributed by atoms with Gasteiger partial charge >= 0.3 is 24.2 Å². The van der Waals surface area contributed by atoms with E-state index in [1.165, 1.54) is 16.8 Å². The Balaban J connectivity index is 1.34. The van der Waals surface area contributed by atoms with E-state index in [9.17, 15) is 32.7 Å². The molecule has 2 atom stereocenters. The lowest BCUT2D eigenvalue weighted by Crippen LogP contribution is -2.45. The van der Waals surface area contributed by atoms with Gasteiger partial charge in [-0.1, -0.05) is 12.0 Å². The highest BCUT2D eigenvalue weighted by molar-refractivity contribution is 5.95. The molecule has 1 amide bonds. The van der Waals surface area contributed by atoms with Crippen molar-refractivity contribution in [2.75, 3.05) is 65.0 Å². The van der Waals surface area contributed by atoms with Crippen LogP contribution in [0.15, 0.2) is 36.5 Å². The number of alkyl halides is 3. The number of esters is 1. The third-order valence-corrected chi connectivity index (χ3v) is 8.61. The summed E-state index contributed by atoms with van der Waals surface area (Å²) in [7, 11) is 2.05. The van der Waals surface area contributed by atoms with Gasteiger partial charge in [0.25, 0.3) is 0 Å². The smallest absolute Gasteiger partial charge is 0.408 e. The molecule has 2 unspecified atom stereocenters. The first-order valence-corrected chi connectivity index (χ1v) is 17.9. The molecular formula is C38H50F3N5O8. The van der Waals surface area contributed by atoms with Crippen LogP contribution in [0.3, 0.4) is 0 Å². The molecule has 1 aromatic carbocycles. The van der Waals surface area contributed by atoms with Gasteiger partial charge in [0.15, 0.2) is 0 Å². The number of aromatic carboxylic acids is 1. The molecule has 296 valence electrons. The Morgan fingerprint density at radius 1 is 1.06 bits per heavy atom. The van der Waals surface area contributed by atoms with Gasteiger partial charge < -0.3 is 48.7 Å². The number of hydrogen-bond donors (Lipinski definition) is 3. The maximum Gasteiger partial charge on any atom is 0.408 e. The van der Waals surface area contributed by atoms with Crippen LogP contribution in [0.25, 0.3) is 10.9 Å². The number of nitrogens with zero attached hydrogens (tertiary/aromatic N) is 3. The molecule has 0 aliphatic carbocycles. The fourth-order valence-electron chi connectivity index (χ4n) is 6.23. The quantitative estimate of drug-likeness (QED) is 0.0957. The molecule has 4 rings (SSSR count). The van der Waals surface area contributed by atoms with E-state index in [-0.39, 0.29) is 55.2 Å². The van der Waals surface area contributed by atoms with Crippen molar-refractivity contribution in [1.29, 1.82) is 0 Å². The summed E-state index contributed by atoms with van der Waals surface area (Å²) in [6.07, 6.45) is -2.21. The van der Waals surface area contributed by atoms with Crippen molar-refractivity contribution in [1.82, 2.24) is 19.4 Å². The van der Waals surface area contributed by atoms with Crippen molar-refractivity contribution < 1.29 is 51.6 Å². The summed E-state index contributed by atoms with van der Waals surface area (Å²) in [5.41, 5.74) is 0.712. The Kier molecular flexibility index (Phi) is 14.8. The number of amides is 1. The molecular weight excluding hydrogens is 711 g/mol. The predicted octanol–water partition coefficient (Wildman–Crippen LogP) is 5.61. The summed E-state index contributed by atoms with van der Waals surface area (Å²) in [6, 6.07) is 8.19. The number of nitrogens with one attached hydrogen (secondary N) is 2. The van der Waals surface area contributed by atoms with Gasteiger partial charge in [-0.05, 0) is 90.2 Å². The number of benzene rings is 1. The maximum atomic E-state index is 13.7. The number of hydrogen-bond acceptors (Lipinski definition) is 9. The van der Waals surface area contributed by atoms with Crippen LogP contribution in [0, 0.1) is 17.8 Å². The lowest BCUT2D eigenvalue weighted by atomic mass is 9.89. The van der Waals surface area contributed by atoms with Gasteiger partial charge in [0.1, 0.15) is 17.8 Å². The molecule has 16 heteroatoms. The van der Waals surface area contributed by atoms with E-state index in [2.05, 4.69) is 34.4 Å². The predicted molar refractivity (Wildman–Crippen MR) is 196 cm³/mol. The zero-order valence-electron chi connectivity index (χ0n) is 31.4. The number of carbonyl (C=O) groups excluding carboxylic acids is 2. The standard InChI is InChI=1S/C38H50F3N5O8/c1-6-53-35(49)33-21-27(34(47)48)24-45(33)16-18-52-20-19-51-17-13-26-23-44(5)15-12-30(26)43-31-10-7-11-32-29(31)22-28(46(32)25-38(39,40)41)9-8-14-42-36(50)54-37(2,3)4/h7,10-11,21-22,24,26,30,43H,6,12-20,23,25H2,1-5H3,(H,42,50)(H,47,48). The molecule has 1 aliphatic heterocycles. The van der Waals surface area contributed by atoms with E-state index in [0.717, 1.165) is 30.5 Å². The summed E-state index contributed by atoms with van der Waals surface area (Å²) >= 11 is 0. The number of anilines is 1. The number of alkyl carbamates (subject to hydrolysis) is 1. The molecule has 1 saturated heterocycles. The molecule has 1 fully saturated rings. The lowest BCUT2D eigenvalue weighted by Gasteiger charge is -2.38. The fraction of sp³-hybridized carbons (Fsp3) is 0.553. The van der Waals surface area contributed by atoms with Crippen molar-refractivity contribution in [3.8, 4) is 11.8 Å². The first-order valence-electron chi connectivity index (χ1n) is 17.9. The second kappa shape index (κ2) is 19.0. The zero-order chi connectivity index (χ0) is 39.5. The Morgan fingerprint density at radius 3 is 2.48 bits per heavy atom. The summed E-state index contributed by atoms with van der Waals surface area (Å²) in [5.74, 6) is 4.00. The number of rotatable bonds is 16. The number of carboxylic acids is 1. The number of likely N-dealkylation sites (tertiary alicyclic amines) is 1. The molecule has 13 nitrogen and oxygen atoms in total. The van der Waals surface area contributed by atoms with Crippen LogP contribution in [0.2, 0.25) is 0 Å². The third kappa shape index (κ3) is 12.7. The van der Waals surface area contributed by atoms with Crippen molar-refractivity contribution in [3.63, 3.8) is 0 Å². The van der Waals surface area contributed by atoms with Gasteiger partial charge in [-0.2, -0.15) is 13.2 Å². The van der Waals surface area contributed by atoms with Crippen LogP contribution in [0.1, 0.15) is 67.1 Å². The first kappa shape index (κ1) is 42.0. The Hall–Kier alpha value is -4.72. The van der Waals surface area contributed by atoms with Crippen molar-refractivity contribution in [2.24, 2.45) is 5.92 Å². The number of piperidine rings is 1. The molecule has 3 N–H and O–H groups in total. The largest absolute Gasteiger partial charge is 0.478 e. The average Bonchev–Trinajstić information content (AvgIpc) is 3.66. The highest BCUT2D eigenvalue weighted by atomic mass is 19.4. The zero-order valence-corrected chi connectivity index (χ0v) is 31.4. The van der Waals surface area contributed by atoms with Crippen molar-refractivity contribution >= 4 is 34.6 Å². The first-order chi connectivity index (χ1) is 25.5. The average molecular weight is 762 g/mol. The number of fused-ring (bicyclic) bond motifs is 1. The highest BCUT2D eigenvalue weighted by Gasteiger charge is 2.31. The normalized spacial score (nSPS) is 16.4. The van der Waals surface area contributed by atoms with E-state index >= 15 is 0 Å². The highest BCUT2D eigenvalue weighted by Crippen LogP contribution is 2.32. The third-order valence-electron chi connectivity index (χ3n) is 8.61. The van der Waals surface area contributed by atoms with Crippen LogP contribution >= 0.6 is 0 Å². The molecule has 3 heterocycles. The minimum atomic E-state index is -4.48. The molecule has 0 saturated carbocycles. The van der Waals surface area contributed by atoms with E-state index in [1.54, 1.807) is 45.9 Å². The van der Waals surface area contributed by atoms with Gasteiger partial charge in [0.2, 0.25) is 0 Å². The summed E-state index contributed by atoms with van der Waals surface area (Å²) < 4.78 is 65.6. The second-order valence-corrected chi connectivity index (χ2v) is 14.0. The second-order valence-electron chi connectivity index (χ2n) is 14.0. The van der Waals surface area contributed by atoms with Gasteiger partial charge in [-0.15, -0.1) is 0 Å².